The van der Waals surface area contributed by atoms with Crippen LogP contribution in [0.25, 0.3) is 6.08 Å². The molecule has 2 N–H and O–H groups in total. The van der Waals surface area contributed by atoms with Crippen LogP contribution in [-0.4, -0.2) is 47.3 Å². The van der Waals surface area contributed by atoms with E-state index in [4.69, 9.17) is 5.41 Å². The summed E-state index contributed by atoms with van der Waals surface area (Å²) in [5, 5.41) is 12.3. The molecule has 4 rings (SSSR count). The number of rotatable bonds is 8. The number of nitrogens with one attached hydrogen (secondary N) is 2. The Morgan fingerprint density at radius 2 is 1.84 bits per heavy atom. The molecule has 1 heterocycles. The van der Waals surface area contributed by atoms with Gasteiger partial charge in [0.05, 0.1) is 0 Å². The van der Waals surface area contributed by atoms with Crippen LogP contribution >= 0.6 is 0 Å². The SMILES string of the molecule is C=Cc1ccccc1N[C@H]1CCC[C@H](C[C@@H]2C(=O)N(C)C(=N)N2CCC2CCCCC2)C1. The zero-order valence-electron chi connectivity index (χ0n) is 19.7. The molecule has 3 fully saturated rings. The van der Waals surface area contributed by atoms with Gasteiger partial charge in [0.2, 0.25) is 5.96 Å². The third kappa shape index (κ3) is 5.19. The van der Waals surface area contributed by atoms with Crippen molar-refractivity contribution in [2.75, 3.05) is 18.9 Å². The molecule has 0 unspecified atom stereocenters. The summed E-state index contributed by atoms with van der Waals surface area (Å²) in [6.45, 7) is 4.79. The van der Waals surface area contributed by atoms with Crippen molar-refractivity contribution >= 4 is 23.6 Å². The van der Waals surface area contributed by atoms with Crippen molar-refractivity contribution in [2.45, 2.75) is 82.7 Å². The van der Waals surface area contributed by atoms with Crippen LogP contribution in [0.5, 0.6) is 0 Å². The summed E-state index contributed by atoms with van der Waals surface area (Å²) < 4.78 is 0. The fraction of sp³-hybridized carbons (Fsp3) is 0.630. The highest BCUT2D eigenvalue weighted by Crippen LogP contribution is 2.34. The third-order valence-corrected chi connectivity index (χ3v) is 7.96. The highest BCUT2D eigenvalue weighted by Gasteiger charge is 2.42. The number of para-hydroxylation sites is 1. The maximum Gasteiger partial charge on any atom is 0.251 e. The number of carbonyl (C=O) groups is 1. The Balaban J connectivity index is 1.37. The second-order valence-corrected chi connectivity index (χ2v) is 10.1. The third-order valence-electron chi connectivity index (χ3n) is 7.96. The van der Waals surface area contributed by atoms with E-state index in [1.54, 1.807) is 11.9 Å². The molecule has 3 atom stereocenters. The Hall–Kier alpha value is -2.30. The van der Waals surface area contributed by atoms with E-state index in [-0.39, 0.29) is 11.9 Å². The molecule has 1 aliphatic heterocycles. The second-order valence-electron chi connectivity index (χ2n) is 10.1. The van der Waals surface area contributed by atoms with Crippen molar-refractivity contribution in [3.8, 4) is 0 Å². The van der Waals surface area contributed by atoms with E-state index in [0.29, 0.717) is 17.9 Å². The van der Waals surface area contributed by atoms with Crippen LogP contribution in [0.15, 0.2) is 30.8 Å². The lowest BCUT2D eigenvalue weighted by Crippen LogP contribution is -2.39. The number of likely N-dealkylation sites (N-methyl/N-ethyl adjacent to an activating group) is 1. The Labute approximate surface area is 193 Å². The Morgan fingerprint density at radius 3 is 2.62 bits per heavy atom. The van der Waals surface area contributed by atoms with Crippen LogP contribution in [0.3, 0.4) is 0 Å². The fourth-order valence-electron chi connectivity index (χ4n) is 6.07. The minimum atomic E-state index is -0.152. The maximum absolute atomic E-state index is 13.0. The summed E-state index contributed by atoms with van der Waals surface area (Å²) in [7, 11) is 1.77. The lowest BCUT2D eigenvalue weighted by molar-refractivity contribution is -0.127. The van der Waals surface area contributed by atoms with Gasteiger partial charge in [0.15, 0.2) is 0 Å². The average molecular weight is 437 g/mol. The van der Waals surface area contributed by atoms with Gasteiger partial charge in [0, 0.05) is 25.3 Å². The number of hydrogen-bond acceptors (Lipinski definition) is 3. The number of benzene rings is 1. The summed E-state index contributed by atoms with van der Waals surface area (Å²) in [5.74, 6) is 1.81. The van der Waals surface area contributed by atoms with E-state index in [1.807, 2.05) is 12.1 Å². The predicted molar refractivity (Wildman–Crippen MR) is 133 cm³/mol. The summed E-state index contributed by atoms with van der Waals surface area (Å²) in [4.78, 5) is 16.7. The molecule has 5 nitrogen and oxygen atoms in total. The molecule has 0 bridgehead atoms. The van der Waals surface area contributed by atoms with Gasteiger partial charge in [0.25, 0.3) is 5.91 Å². The van der Waals surface area contributed by atoms with Gasteiger partial charge in [0.1, 0.15) is 6.04 Å². The molecule has 0 radical (unpaired) electrons. The van der Waals surface area contributed by atoms with Crippen molar-refractivity contribution in [2.24, 2.45) is 11.8 Å². The molecule has 174 valence electrons. The smallest absolute Gasteiger partial charge is 0.251 e. The van der Waals surface area contributed by atoms with Crippen molar-refractivity contribution in [1.82, 2.24) is 9.80 Å². The van der Waals surface area contributed by atoms with Crippen LogP contribution in [0, 0.1) is 17.2 Å². The first-order valence-corrected chi connectivity index (χ1v) is 12.7. The molecule has 1 aromatic carbocycles. The lowest BCUT2D eigenvalue weighted by atomic mass is 9.81. The molecule has 1 saturated heterocycles. The maximum atomic E-state index is 13.0. The quantitative estimate of drug-likeness (QED) is 0.546. The molecule has 0 aromatic heterocycles. The van der Waals surface area contributed by atoms with Gasteiger partial charge in [-0.05, 0) is 49.1 Å². The van der Waals surface area contributed by atoms with Crippen LogP contribution in [0.2, 0.25) is 0 Å². The highest BCUT2D eigenvalue weighted by molar-refractivity contribution is 6.04. The first-order valence-electron chi connectivity index (χ1n) is 12.7. The molecular formula is C27H40N4O. The molecule has 2 aliphatic carbocycles. The van der Waals surface area contributed by atoms with E-state index in [1.165, 1.54) is 51.4 Å². The minimum absolute atomic E-state index is 0.116. The van der Waals surface area contributed by atoms with Gasteiger partial charge in [-0.1, -0.05) is 75.8 Å². The van der Waals surface area contributed by atoms with Crippen molar-refractivity contribution < 1.29 is 4.79 Å². The Bertz CT molecular complexity index is 816. The number of carbonyl (C=O) groups excluding carboxylic acids is 1. The highest BCUT2D eigenvalue weighted by atomic mass is 16.2. The Morgan fingerprint density at radius 1 is 1.09 bits per heavy atom. The topological polar surface area (TPSA) is 59.4 Å². The molecule has 2 saturated carbocycles. The zero-order chi connectivity index (χ0) is 22.5. The average Bonchev–Trinajstić information content (AvgIpc) is 3.02. The second kappa shape index (κ2) is 10.5. The number of amides is 1. The van der Waals surface area contributed by atoms with Crippen molar-refractivity contribution in [3.63, 3.8) is 0 Å². The predicted octanol–water partition coefficient (Wildman–Crippen LogP) is 5.74. The lowest BCUT2D eigenvalue weighted by Gasteiger charge is -2.34. The van der Waals surface area contributed by atoms with E-state index >= 15 is 0 Å². The van der Waals surface area contributed by atoms with Gasteiger partial charge in [-0.2, -0.15) is 0 Å². The fourth-order valence-corrected chi connectivity index (χ4v) is 6.07. The van der Waals surface area contributed by atoms with E-state index in [0.717, 1.165) is 43.0 Å². The zero-order valence-corrected chi connectivity index (χ0v) is 19.7. The van der Waals surface area contributed by atoms with Crippen LogP contribution < -0.4 is 5.32 Å². The van der Waals surface area contributed by atoms with Crippen molar-refractivity contribution in [1.29, 1.82) is 5.41 Å². The molecular weight excluding hydrogens is 396 g/mol. The molecule has 5 heteroatoms. The monoisotopic (exact) mass is 436 g/mol. The summed E-state index contributed by atoms with van der Waals surface area (Å²) in [6, 6.07) is 8.62. The van der Waals surface area contributed by atoms with Crippen LogP contribution in [-0.2, 0) is 4.79 Å². The van der Waals surface area contributed by atoms with E-state index in [9.17, 15) is 4.79 Å². The first kappa shape index (κ1) is 22.9. The molecule has 0 spiro atoms. The van der Waals surface area contributed by atoms with Gasteiger partial charge in [-0.25, -0.2) is 0 Å². The van der Waals surface area contributed by atoms with Crippen LogP contribution in [0.4, 0.5) is 5.69 Å². The number of anilines is 1. The van der Waals surface area contributed by atoms with E-state index < -0.39 is 0 Å². The molecule has 32 heavy (non-hydrogen) atoms. The van der Waals surface area contributed by atoms with Crippen LogP contribution in [0.1, 0.15) is 76.2 Å². The number of hydrogen-bond donors (Lipinski definition) is 2. The van der Waals surface area contributed by atoms with Gasteiger partial charge < -0.3 is 10.2 Å². The summed E-state index contributed by atoms with van der Waals surface area (Å²) >= 11 is 0. The van der Waals surface area contributed by atoms with Gasteiger partial charge in [-0.3, -0.25) is 15.1 Å². The van der Waals surface area contributed by atoms with Gasteiger partial charge >= 0.3 is 0 Å². The molecule has 1 amide bonds. The number of nitrogens with zero attached hydrogens (tertiary/aromatic N) is 2. The first-order chi connectivity index (χ1) is 15.6. The number of guanidine groups is 1. The summed E-state index contributed by atoms with van der Waals surface area (Å²) in [6.07, 6.45) is 15.2. The summed E-state index contributed by atoms with van der Waals surface area (Å²) in [5.41, 5.74) is 2.30. The standard InChI is InChI=1S/C27H40N4O/c1-3-22-13-7-8-15-24(22)29-23-14-9-12-21(18-23)19-25-26(32)30(2)27(28)31(25)17-16-20-10-5-4-6-11-20/h3,7-8,13,15,20-21,23,25,28-29H,1,4-6,9-12,14,16-19H2,2H3/t21-,23-,25+/m0/s1. The molecule has 1 aromatic rings. The minimum Gasteiger partial charge on any atom is -0.382 e. The molecule has 3 aliphatic rings. The van der Waals surface area contributed by atoms with Crippen molar-refractivity contribution in [3.05, 3.63) is 36.4 Å². The normalized spacial score (nSPS) is 27.1. The Kier molecular flexibility index (Phi) is 7.54. The van der Waals surface area contributed by atoms with E-state index in [2.05, 4.69) is 35.0 Å². The van der Waals surface area contributed by atoms with Gasteiger partial charge in [-0.15, -0.1) is 0 Å². The largest absolute Gasteiger partial charge is 0.382 e.